The molecule has 132 valence electrons. The predicted molar refractivity (Wildman–Crippen MR) is 97.9 cm³/mol. The summed E-state index contributed by atoms with van der Waals surface area (Å²) < 4.78 is 7.27. The molecule has 0 saturated carbocycles. The number of aromatic nitrogens is 3. The monoisotopic (exact) mass is 330 g/mol. The van der Waals surface area contributed by atoms with Crippen molar-refractivity contribution in [3.8, 4) is 0 Å². The molecule has 0 spiro atoms. The summed E-state index contributed by atoms with van der Waals surface area (Å²) in [5.41, 5.74) is 4.44. The first-order valence-corrected chi connectivity index (χ1v) is 9.23. The lowest BCUT2D eigenvalue weighted by atomic mass is 9.93. The molecule has 2 aromatic heterocycles. The zero-order valence-electron chi connectivity index (χ0n) is 15.5. The molecular weight excluding hydrogens is 300 g/mol. The van der Waals surface area contributed by atoms with Crippen LogP contribution >= 0.6 is 0 Å². The van der Waals surface area contributed by atoms with Gasteiger partial charge in [-0.15, -0.1) is 0 Å². The minimum atomic E-state index is 0.750. The summed E-state index contributed by atoms with van der Waals surface area (Å²) in [6.45, 7) is 9.46. The second-order valence-electron chi connectivity index (χ2n) is 6.99. The van der Waals surface area contributed by atoms with Crippen LogP contribution in [-0.4, -0.2) is 41.4 Å². The normalized spacial score (nSPS) is 18.5. The molecule has 0 aromatic carbocycles. The van der Waals surface area contributed by atoms with Gasteiger partial charge < -0.3 is 9.64 Å². The standard InChI is InChI=1S/C19H30N4O/c1-5-17-12-18(23-19(20-17)14(2)15(3)21-23)22-10-6-8-16(13-22)9-7-11-24-4/h12,16H,5-11,13H2,1-4H3/t16-/m0/s1. The van der Waals surface area contributed by atoms with Crippen LogP contribution in [-0.2, 0) is 11.2 Å². The van der Waals surface area contributed by atoms with E-state index in [-0.39, 0.29) is 0 Å². The maximum atomic E-state index is 5.21. The number of hydrogen-bond acceptors (Lipinski definition) is 4. The van der Waals surface area contributed by atoms with Crippen LogP contribution in [0.25, 0.3) is 5.65 Å². The van der Waals surface area contributed by atoms with Gasteiger partial charge in [-0.2, -0.15) is 9.61 Å². The number of nitrogens with zero attached hydrogens (tertiary/aromatic N) is 4. The Morgan fingerprint density at radius 1 is 1.33 bits per heavy atom. The molecule has 24 heavy (non-hydrogen) atoms. The molecule has 0 aliphatic carbocycles. The highest BCUT2D eigenvalue weighted by Gasteiger charge is 2.23. The number of aryl methyl sites for hydroxylation is 3. The molecule has 0 unspecified atom stereocenters. The van der Waals surface area contributed by atoms with E-state index >= 15 is 0 Å². The van der Waals surface area contributed by atoms with Crippen LogP contribution in [0, 0.1) is 19.8 Å². The minimum Gasteiger partial charge on any atom is -0.385 e. The summed E-state index contributed by atoms with van der Waals surface area (Å²) in [4.78, 5) is 7.32. The van der Waals surface area contributed by atoms with Gasteiger partial charge in [-0.1, -0.05) is 6.92 Å². The van der Waals surface area contributed by atoms with E-state index in [1.807, 2.05) is 0 Å². The minimum absolute atomic E-state index is 0.750. The predicted octanol–water partition coefficient (Wildman–Crippen LogP) is 3.55. The maximum absolute atomic E-state index is 5.21. The van der Waals surface area contributed by atoms with Crippen LogP contribution in [0.2, 0.25) is 0 Å². The number of anilines is 1. The molecule has 0 bridgehead atoms. The van der Waals surface area contributed by atoms with Crippen LogP contribution < -0.4 is 4.90 Å². The molecule has 1 saturated heterocycles. The summed E-state index contributed by atoms with van der Waals surface area (Å²) in [5.74, 6) is 1.96. The Balaban J connectivity index is 1.88. The third-order valence-electron chi connectivity index (χ3n) is 5.26. The Morgan fingerprint density at radius 2 is 2.17 bits per heavy atom. The molecule has 5 nitrogen and oxygen atoms in total. The number of fused-ring (bicyclic) bond motifs is 1. The van der Waals surface area contributed by atoms with Crippen LogP contribution in [0.5, 0.6) is 0 Å². The summed E-state index contributed by atoms with van der Waals surface area (Å²) in [7, 11) is 1.79. The van der Waals surface area contributed by atoms with Crippen molar-refractivity contribution in [1.82, 2.24) is 14.6 Å². The van der Waals surface area contributed by atoms with Crippen molar-refractivity contribution >= 4 is 11.5 Å². The first kappa shape index (κ1) is 17.2. The lowest BCUT2D eigenvalue weighted by Gasteiger charge is -2.34. The molecule has 0 N–H and O–H groups in total. The van der Waals surface area contributed by atoms with E-state index in [4.69, 9.17) is 14.8 Å². The van der Waals surface area contributed by atoms with Crippen LogP contribution in [0.4, 0.5) is 5.82 Å². The summed E-state index contributed by atoms with van der Waals surface area (Å²) in [6.07, 6.45) is 5.93. The van der Waals surface area contributed by atoms with Gasteiger partial charge in [-0.05, 0) is 51.9 Å². The van der Waals surface area contributed by atoms with E-state index in [1.165, 1.54) is 30.6 Å². The summed E-state index contributed by atoms with van der Waals surface area (Å²) in [6, 6.07) is 2.23. The van der Waals surface area contributed by atoms with Crippen molar-refractivity contribution < 1.29 is 4.74 Å². The molecule has 1 atom stereocenters. The van der Waals surface area contributed by atoms with Gasteiger partial charge in [0.05, 0.1) is 5.69 Å². The lowest BCUT2D eigenvalue weighted by molar-refractivity contribution is 0.184. The molecule has 1 aliphatic rings. The first-order valence-electron chi connectivity index (χ1n) is 9.23. The smallest absolute Gasteiger partial charge is 0.160 e. The number of piperidine rings is 1. The van der Waals surface area contributed by atoms with E-state index in [0.717, 1.165) is 55.5 Å². The number of methoxy groups -OCH3 is 1. The molecule has 3 rings (SSSR count). The highest BCUT2D eigenvalue weighted by molar-refractivity contribution is 5.57. The average molecular weight is 330 g/mol. The van der Waals surface area contributed by atoms with Crippen LogP contribution in [0.15, 0.2) is 6.07 Å². The van der Waals surface area contributed by atoms with Gasteiger partial charge in [0.15, 0.2) is 5.65 Å². The van der Waals surface area contributed by atoms with E-state index in [0.29, 0.717) is 0 Å². The van der Waals surface area contributed by atoms with Crippen molar-refractivity contribution in [2.24, 2.45) is 5.92 Å². The molecule has 3 heterocycles. The molecular formula is C19H30N4O. The van der Waals surface area contributed by atoms with Crippen molar-refractivity contribution in [2.75, 3.05) is 31.7 Å². The summed E-state index contributed by atoms with van der Waals surface area (Å²) >= 11 is 0. The first-order chi connectivity index (χ1) is 11.6. The van der Waals surface area contributed by atoms with Crippen molar-refractivity contribution in [1.29, 1.82) is 0 Å². The fourth-order valence-corrected chi connectivity index (χ4v) is 3.69. The topological polar surface area (TPSA) is 42.7 Å². The Hall–Kier alpha value is -1.62. The van der Waals surface area contributed by atoms with Crippen molar-refractivity contribution in [3.63, 3.8) is 0 Å². The van der Waals surface area contributed by atoms with E-state index < -0.39 is 0 Å². The largest absolute Gasteiger partial charge is 0.385 e. The van der Waals surface area contributed by atoms with Gasteiger partial charge in [0.25, 0.3) is 0 Å². The number of ether oxygens (including phenoxy) is 1. The molecule has 1 aliphatic heterocycles. The van der Waals surface area contributed by atoms with Gasteiger partial charge in [0, 0.05) is 44.1 Å². The van der Waals surface area contributed by atoms with Crippen LogP contribution in [0.3, 0.4) is 0 Å². The number of rotatable bonds is 6. The average Bonchev–Trinajstić information content (AvgIpc) is 2.89. The third kappa shape index (κ3) is 3.41. The second kappa shape index (κ2) is 7.51. The quantitative estimate of drug-likeness (QED) is 0.760. The van der Waals surface area contributed by atoms with Gasteiger partial charge in [-0.25, -0.2) is 4.98 Å². The second-order valence-corrected chi connectivity index (χ2v) is 6.99. The third-order valence-corrected chi connectivity index (χ3v) is 5.26. The fourth-order valence-electron chi connectivity index (χ4n) is 3.69. The Bertz CT molecular complexity index is 694. The summed E-state index contributed by atoms with van der Waals surface area (Å²) in [5, 5.41) is 4.76. The molecule has 5 heteroatoms. The van der Waals surface area contributed by atoms with E-state index in [9.17, 15) is 0 Å². The molecule has 2 aromatic rings. The van der Waals surface area contributed by atoms with Gasteiger partial charge in [0.1, 0.15) is 5.82 Å². The van der Waals surface area contributed by atoms with Crippen molar-refractivity contribution in [2.45, 2.75) is 52.9 Å². The van der Waals surface area contributed by atoms with Crippen LogP contribution in [0.1, 0.15) is 49.6 Å². The Kier molecular flexibility index (Phi) is 5.39. The maximum Gasteiger partial charge on any atom is 0.160 e. The van der Waals surface area contributed by atoms with Gasteiger partial charge >= 0.3 is 0 Å². The Morgan fingerprint density at radius 3 is 2.92 bits per heavy atom. The highest BCUT2D eigenvalue weighted by Crippen LogP contribution is 2.28. The highest BCUT2D eigenvalue weighted by atomic mass is 16.5. The Labute approximate surface area is 145 Å². The van der Waals surface area contributed by atoms with Gasteiger partial charge in [-0.3, -0.25) is 0 Å². The zero-order chi connectivity index (χ0) is 17.1. The molecule has 0 amide bonds. The van der Waals surface area contributed by atoms with E-state index in [2.05, 4.69) is 36.3 Å². The lowest BCUT2D eigenvalue weighted by Crippen LogP contribution is -2.37. The van der Waals surface area contributed by atoms with E-state index in [1.54, 1.807) is 7.11 Å². The molecule has 0 radical (unpaired) electrons. The zero-order valence-corrected chi connectivity index (χ0v) is 15.5. The fraction of sp³-hybridized carbons (Fsp3) is 0.684. The van der Waals surface area contributed by atoms with Gasteiger partial charge in [0.2, 0.25) is 0 Å². The number of hydrogen-bond donors (Lipinski definition) is 0. The molecule has 1 fully saturated rings. The SMILES string of the molecule is CCc1cc(N2CCC[C@@H](CCCOC)C2)n2nc(C)c(C)c2n1. The van der Waals surface area contributed by atoms with Crippen molar-refractivity contribution in [3.05, 3.63) is 23.0 Å².